The molecule has 4 atom stereocenters. The first kappa shape index (κ1) is 15.2. The number of hydrogen-bond donors (Lipinski definition) is 0. The van der Waals surface area contributed by atoms with Crippen LogP contribution < -0.4 is 0 Å². The van der Waals surface area contributed by atoms with Crippen LogP contribution in [0.4, 0.5) is 0 Å². The molecule has 112 valence electrons. The second kappa shape index (κ2) is 6.53. The van der Waals surface area contributed by atoms with Gasteiger partial charge in [0.05, 0.1) is 56.3 Å². The summed E-state index contributed by atoms with van der Waals surface area (Å²) in [6.45, 7) is 11.0. The van der Waals surface area contributed by atoms with E-state index in [1.54, 1.807) is 0 Å². The van der Waals surface area contributed by atoms with Gasteiger partial charge >= 0.3 is 0 Å². The average Bonchev–Trinajstić information content (AvgIpc) is 2.34. The molecule has 19 heavy (non-hydrogen) atoms. The molecular formula is C15H28O4. The standard InChI is InChI=1S/C15H28O4/c1-11-5-12(2)17-8-15(7-16-11)9-18-13(3)6-14(4)19-10-15/h11-14H,5-10H2,1-4H3. The van der Waals surface area contributed by atoms with E-state index in [1.165, 1.54) is 0 Å². The first-order valence-electron chi connectivity index (χ1n) is 7.45. The predicted molar refractivity (Wildman–Crippen MR) is 73.3 cm³/mol. The van der Waals surface area contributed by atoms with Gasteiger partial charge in [0.1, 0.15) is 0 Å². The van der Waals surface area contributed by atoms with Gasteiger partial charge in [0.25, 0.3) is 0 Å². The van der Waals surface area contributed by atoms with Gasteiger partial charge in [-0.15, -0.1) is 0 Å². The molecule has 2 aliphatic heterocycles. The Morgan fingerprint density at radius 3 is 1.11 bits per heavy atom. The van der Waals surface area contributed by atoms with Crippen molar-refractivity contribution in [2.75, 3.05) is 26.4 Å². The molecule has 4 nitrogen and oxygen atoms in total. The summed E-state index contributed by atoms with van der Waals surface area (Å²) >= 11 is 0. The molecule has 0 N–H and O–H groups in total. The summed E-state index contributed by atoms with van der Waals surface area (Å²) in [6.07, 6.45) is 2.81. The third-order valence-corrected chi connectivity index (χ3v) is 4.02. The van der Waals surface area contributed by atoms with E-state index in [0.717, 1.165) is 12.8 Å². The predicted octanol–water partition coefficient (Wildman–Crippen LogP) is 2.40. The second-order valence-electron chi connectivity index (χ2n) is 6.46. The van der Waals surface area contributed by atoms with E-state index >= 15 is 0 Å². The molecule has 0 aromatic heterocycles. The van der Waals surface area contributed by atoms with Gasteiger partial charge in [-0.25, -0.2) is 0 Å². The van der Waals surface area contributed by atoms with E-state index in [9.17, 15) is 0 Å². The average molecular weight is 272 g/mol. The molecular weight excluding hydrogens is 244 g/mol. The van der Waals surface area contributed by atoms with Crippen molar-refractivity contribution in [2.45, 2.75) is 65.0 Å². The van der Waals surface area contributed by atoms with Gasteiger partial charge in [-0.05, 0) is 40.5 Å². The summed E-state index contributed by atoms with van der Waals surface area (Å²) < 4.78 is 23.9. The topological polar surface area (TPSA) is 36.9 Å². The number of hydrogen-bond acceptors (Lipinski definition) is 4. The minimum Gasteiger partial charge on any atom is -0.378 e. The van der Waals surface area contributed by atoms with Crippen molar-refractivity contribution in [3.63, 3.8) is 0 Å². The van der Waals surface area contributed by atoms with E-state index in [1.807, 2.05) is 0 Å². The largest absolute Gasteiger partial charge is 0.378 e. The Bertz CT molecular complexity index is 226. The van der Waals surface area contributed by atoms with Crippen LogP contribution >= 0.6 is 0 Å². The summed E-state index contributed by atoms with van der Waals surface area (Å²) in [7, 11) is 0. The minimum atomic E-state index is -0.161. The summed E-state index contributed by atoms with van der Waals surface area (Å²) in [4.78, 5) is 0. The van der Waals surface area contributed by atoms with Crippen molar-refractivity contribution >= 4 is 0 Å². The Kier molecular flexibility index (Phi) is 5.23. The molecule has 2 fully saturated rings. The highest BCUT2D eigenvalue weighted by Gasteiger charge is 2.37. The van der Waals surface area contributed by atoms with Crippen LogP contribution in [0.15, 0.2) is 0 Å². The molecule has 0 saturated carbocycles. The lowest BCUT2D eigenvalue weighted by molar-refractivity contribution is -0.181. The smallest absolute Gasteiger partial charge is 0.0638 e. The van der Waals surface area contributed by atoms with Gasteiger partial charge in [0.15, 0.2) is 0 Å². The second-order valence-corrected chi connectivity index (χ2v) is 6.46. The molecule has 2 saturated heterocycles. The molecule has 0 aliphatic carbocycles. The lowest BCUT2D eigenvalue weighted by Gasteiger charge is -2.40. The molecule has 0 radical (unpaired) electrons. The van der Waals surface area contributed by atoms with Crippen molar-refractivity contribution in [1.29, 1.82) is 0 Å². The summed E-state index contributed by atoms with van der Waals surface area (Å²) in [5, 5.41) is 0. The van der Waals surface area contributed by atoms with Crippen molar-refractivity contribution in [2.24, 2.45) is 5.41 Å². The quantitative estimate of drug-likeness (QED) is 0.678. The summed E-state index contributed by atoms with van der Waals surface area (Å²) in [5.74, 6) is 0. The zero-order valence-electron chi connectivity index (χ0n) is 12.7. The molecule has 0 amide bonds. The monoisotopic (exact) mass is 272 g/mol. The van der Waals surface area contributed by atoms with Gasteiger partial charge in [0.2, 0.25) is 0 Å². The number of rotatable bonds is 0. The molecule has 0 bridgehead atoms. The maximum atomic E-state index is 5.97. The van der Waals surface area contributed by atoms with Crippen LogP contribution in [0.1, 0.15) is 40.5 Å². The Labute approximate surface area is 116 Å². The van der Waals surface area contributed by atoms with Gasteiger partial charge in [0, 0.05) is 0 Å². The van der Waals surface area contributed by atoms with Crippen molar-refractivity contribution < 1.29 is 18.9 Å². The minimum absolute atomic E-state index is 0.161. The SMILES string of the molecule is CC1CC(C)OCC2(CO1)COC(C)CC(C)OC2. The fourth-order valence-electron chi connectivity index (χ4n) is 2.73. The molecule has 2 aliphatic rings. The Morgan fingerprint density at radius 2 is 0.842 bits per heavy atom. The van der Waals surface area contributed by atoms with Crippen LogP contribution in [0.3, 0.4) is 0 Å². The van der Waals surface area contributed by atoms with E-state index in [0.29, 0.717) is 26.4 Å². The molecule has 2 heterocycles. The zero-order valence-corrected chi connectivity index (χ0v) is 12.7. The van der Waals surface area contributed by atoms with E-state index in [-0.39, 0.29) is 29.8 Å². The van der Waals surface area contributed by atoms with Crippen LogP contribution in [0, 0.1) is 5.41 Å². The van der Waals surface area contributed by atoms with Crippen LogP contribution in [0.5, 0.6) is 0 Å². The highest BCUT2D eigenvalue weighted by molar-refractivity contribution is 4.84. The fraction of sp³-hybridized carbons (Fsp3) is 1.00. The first-order chi connectivity index (χ1) is 8.99. The third-order valence-electron chi connectivity index (χ3n) is 4.02. The van der Waals surface area contributed by atoms with Gasteiger partial charge in [-0.1, -0.05) is 0 Å². The fourth-order valence-corrected chi connectivity index (χ4v) is 2.73. The lowest BCUT2D eigenvalue weighted by Crippen LogP contribution is -2.48. The molecule has 0 aromatic carbocycles. The van der Waals surface area contributed by atoms with Crippen molar-refractivity contribution in [3.8, 4) is 0 Å². The zero-order chi connectivity index (χ0) is 13.9. The van der Waals surface area contributed by atoms with Crippen molar-refractivity contribution in [1.82, 2.24) is 0 Å². The Balaban J connectivity index is 2.04. The molecule has 1 spiro atoms. The van der Waals surface area contributed by atoms with Gasteiger partial charge in [-0.3, -0.25) is 0 Å². The normalized spacial score (nSPS) is 46.1. The summed E-state index contributed by atoms with van der Waals surface area (Å²) in [5.41, 5.74) is -0.161. The van der Waals surface area contributed by atoms with E-state index in [2.05, 4.69) is 27.7 Å². The van der Waals surface area contributed by atoms with Crippen molar-refractivity contribution in [3.05, 3.63) is 0 Å². The Hall–Kier alpha value is -0.160. The van der Waals surface area contributed by atoms with Crippen LogP contribution in [0.2, 0.25) is 0 Å². The van der Waals surface area contributed by atoms with Crippen LogP contribution in [-0.2, 0) is 18.9 Å². The Morgan fingerprint density at radius 1 is 0.579 bits per heavy atom. The molecule has 4 unspecified atom stereocenters. The highest BCUT2D eigenvalue weighted by atomic mass is 16.5. The van der Waals surface area contributed by atoms with Crippen LogP contribution in [-0.4, -0.2) is 50.8 Å². The lowest BCUT2D eigenvalue weighted by atomic mass is 9.90. The van der Waals surface area contributed by atoms with E-state index in [4.69, 9.17) is 18.9 Å². The van der Waals surface area contributed by atoms with Gasteiger partial charge < -0.3 is 18.9 Å². The molecule has 0 aromatic rings. The maximum Gasteiger partial charge on any atom is 0.0638 e. The third kappa shape index (κ3) is 4.42. The molecule has 2 rings (SSSR count). The number of ether oxygens (including phenoxy) is 4. The van der Waals surface area contributed by atoms with E-state index < -0.39 is 0 Å². The highest BCUT2D eigenvalue weighted by Crippen LogP contribution is 2.28. The first-order valence-corrected chi connectivity index (χ1v) is 7.45. The maximum absolute atomic E-state index is 5.97. The van der Waals surface area contributed by atoms with Crippen LogP contribution in [0.25, 0.3) is 0 Å². The van der Waals surface area contributed by atoms with Gasteiger partial charge in [-0.2, -0.15) is 0 Å². The summed E-state index contributed by atoms with van der Waals surface area (Å²) in [6, 6.07) is 0. The molecule has 4 heteroatoms.